The summed E-state index contributed by atoms with van der Waals surface area (Å²) in [7, 11) is -0.942. The molecule has 2 aromatic carbocycles. The van der Waals surface area contributed by atoms with Gasteiger partial charge in [-0.2, -0.15) is 5.10 Å². The number of hydrogen-bond acceptors (Lipinski definition) is 6. The molecule has 4 rings (SSSR count). The first-order valence-electron chi connectivity index (χ1n) is 10.9. The topological polar surface area (TPSA) is 110 Å². The molecule has 0 radical (unpaired) electrons. The zero-order valence-corrected chi connectivity index (χ0v) is 19.7. The van der Waals surface area contributed by atoms with E-state index in [2.05, 4.69) is 14.9 Å². The van der Waals surface area contributed by atoms with Crippen LogP contribution >= 0.6 is 0 Å². The van der Waals surface area contributed by atoms with Gasteiger partial charge in [0, 0.05) is 17.2 Å². The van der Waals surface area contributed by atoms with Crippen molar-refractivity contribution in [1.82, 2.24) is 10.2 Å². The van der Waals surface area contributed by atoms with E-state index >= 15 is 0 Å². The molecule has 0 unspecified atom stereocenters. The molecule has 0 amide bonds. The summed E-state index contributed by atoms with van der Waals surface area (Å²) in [6.45, 7) is 1.90. The van der Waals surface area contributed by atoms with Crippen LogP contribution in [-0.2, 0) is 29.3 Å². The maximum Gasteiger partial charge on any atom is 0.267 e. The van der Waals surface area contributed by atoms with Crippen LogP contribution in [0, 0.1) is 0 Å². The van der Waals surface area contributed by atoms with Crippen molar-refractivity contribution in [2.24, 2.45) is 0 Å². The van der Waals surface area contributed by atoms with Gasteiger partial charge in [0.25, 0.3) is 15.6 Å². The molecule has 8 nitrogen and oxygen atoms in total. The Morgan fingerprint density at radius 3 is 2.48 bits per heavy atom. The lowest BCUT2D eigenvalue weighted by atomic mass is 9.89. The highest BCUT2D eigenvalue weighted by Crippen LogP contribution is 2.34. The third-order valence-electron chi connectivity index (χ3n) is 5.96. The Labute approximate surface area is 193 Å². The van der Waals surface area contributed by atoms with Gasteiger partial charge >= 0.3 is 0 Å². The van der Waals surface area contributed by atoms with E-state index in [4.69, 9.17) is 9.47 Å². The molecular formula is C24H27N3O5S. The quantitative estimate of drug-likeness (QED) is 0.546. The van der Waals surface area contributed by atoms with Crippen LogP contribution in [0.4, 0.5) is 5.69 Å². The number of rotatable bonds is 7. The van der Waals surface area contributed by atoms with E-state index in [0.29, 0.717) is 46.8 Å². The fourth-order valence-corrected chi connectivity index (χ4v) is 5.63. The largest absolute Gasteiger partial charge is 0.497 e. The first-order valence-corrected chi connectivity index (χ1v) is 12.3. The molecule has 9 heteroatoms. The predicted molar refractivity (Wildman–Crippen MR) is 127 cm³/mol. The van der Waals surface area contributed by atoms with Gasteiger partial charge in [-0.3, -0.25) is 9.52 Å². The molecule has 174 valence electrons. The molecule has 0 aliphatic heterocycles. The standard InChI is InChI=1S/C24H27N3O5S/c1-4-15-9-10-16(23-18-7-5-6-8-19(18)24(28)26-25-23)13-22(15)33(29,30)27-20-12-11-17(31-2)14-21(20)32-3/h9-14,27H,4-8H2,1-3H3,(H,26,28). The molecule has 0 spiro atoms. The predicted octanol–water partition coefficient (Wildman–Crippen LogP) is 3.70. The van der Waals surface area contributed by atoms with Gasteiger partial charge in [-0.1, -0.05) is 19.1 Å². The second-order valence-corrected chi connectivity index (χ2v) is 9.56. The smallest absolute Gasteiger partial charge is 0.267 e. The summed E-state index contributed by atoms with van der Waals surface area (Å²) in [5, 5.41) is 6.86. The molecule has 0 saturated carbocycles. The number of fused-ring (bicyclic) bond motifs is 1. The average Bonchev–Trinajstić information content (AvgIpc) is 2.84. The number of ether oxygens (including phenoxy) is 2. The van der Waals surface area contributed by atoms with Gasteiger partial charge < -0.3 is 9.47 Å². The average molecular weight is 470 g/mol. The second kappa shape index (κ2) is 9.27. The van der Waals surface area contributed by atoms with Crippen molar-refractivity contribution >= 4 is 15.7 Å². The van der Waals surface area contributed by atoms with E-state index < -0.39 is 10.0 Å². The van der Waals surface area contributed by atoms with Crippen molar-refractivity contribution in [3.63, 3.8) is 0 Å². The Kier molecular flexibility index (Phi) is 6.42. The first kappa shape index (κ1) is 22.8. The zero-order chi connectivity index (χ0) is 23.6. The normalized spacial score (nSPS) is 13.3. The molecule has 1 aliphatic rings. The maximum absolute atomic E-state index is 13.5. The highest BCUT2D eigenvalue weighted by Gasteiger charge is 2.24. The van der Waals surface area contributed by atoms with Gasteiger partial charge in [0.1, 0.15) is 11.5 Å². The number of aromatic nitrogens is 2. The number of benzene rings is 2. The van der Waals surface area contributed by atoms with Gasteiger partial charge in [0.05, 0.1) is 30.5 Å². The van der Waals surface area contributed by atoms with Gasteiger partial charge in [-0.15, -0.1) is 0 Å². The zero-order valence-electron chi connectivity index (χ0n) is 18.9. The summed E-state index contributed by atoms with van der Waals surface area (Å²) >= 11 is 0. The van der Waals surface area contributed by atoms with Crippen molar-refractivity contribution in [2.75, 3.05) is 18.9 Å². The Bertz CT molecular complexity index is 1350. The van der Waals surface area contributed by atoms with Crippen LogP contribution in [0.3, 0.4) is 0 Å². The Morgan fingerprint density at radius 1 is 1.03 bits per heavy atom. The van der Waals surface area contributed by atoms with Crippen molar-refractivity contribution < 1.29 is 17.9 Å². The monoisotopic (exact) mass is 469 g/mol. The Balaban J connectivity index is 1.79. The summed E-state index contributed by atoms with van der Waals surface area (Å²) in [4.78, 5) is 12.4. The van der Waals surface area contributed by atoms with Crippen LogP contribution in [0.1, 0.15) is 36.5 Å². The summed E-state index contributed by atoms with van der Waals surface area (Å²) < 4.78 is 40.1. The van der Waals surface area contributed by atoms with Crippen LogP contribution in [0.5, 0.6) is 11.5 Å². The number of aromatic amines is 1. The molecule has 0 atom stereocenters. The van der Waals surface area contributed by atoms with Crippen molar-refractivity contribution in [2.45, 2.75) is 43.9 Å². The van der Waals surface area contributed by atoms with Crippen molar-refractivity contribution in [3.8, 4) is 22.8 Å². The SMILES string of the molecule is CCc1ccc(-c2n[nH]c(=O)c3c2CCCC3)cc1S(=O)(=O)Nc1ccc(OC)cc1OC. The Morgan fingerprint density at radius 2 is 1.79 bits per heavy atom. The third kappa shape index (κ3) is 4.45. The molecule has 0 saturated heterocycles. The molecule has 2 N–H and O–H groups in total. The van der Waals surface area contributed by atoms with Crippen LogP contribution in [0.15, 0.2) is 46.1 Å². The van der Waals surface area contributed by atoms with E-state index in [1.807, 2.05) is 13.0 Å². The van der Waals surface area contributed by atoms with Gasteiger partial charge in [0.2, 0.25) is 0 Å². The lowest BCUT2D eigenvalue weighted by Gasteiger charge is -2.19. The molecular weight excluding hydrogens is 442 g/mol. The number of hydrogen-bond donors (Lipinski definition) is 2. The summed E-state index contributed by atoms with van der Waals surface area (Å²) in [5.41, 5.74) is 3.76. The molecule has 1 aromatic heterocycles. The molecule has 0 fully saturated rings. The van der Waals surface area contributed by atoms with Gasteiger partial charge in [0.15, 0.2) is 0 Å². The number of nitrogens with zero attached hydrogens (tertiary/aromatic N) is 1. The fourth-order valence-electron chi connectivity index (χ4n) is 4.22. The minimum atomic E-state index is -3.94. The summed E-state index contributed by atoms with van der Waals surface area (Å²) in [6.07, 6.45) is 3.93. The number of aryl methyl sites for hydroxylation is 1. The lowest BCUT2D eigenvalue weighted by molar-refractivity contribution is 0.395. The Hall–Kier alpha value is -3.33. The highest BCUT2D eigenvalue weighted by molar-refractivity contribution is 7.92. The molecule has 33 heavy (non-hydrogen) atoms. The molecule has 1 heterocycles. The molecule has 1 aliphatic carbocycles. The minimum Gasteiger partial charge on any atom is -0.497 e. The van der Waals surface area contributed by atoms with Crippen molar-refractivity contribution in [1.29, 1.82) is 0 Å². The molecule has 0 bridgehead atoms. The third-order valence-corrected chi connectivity index (χ3v) is 7.41. The number of sulfonamides is 1. The maximum atomic E-state index is 13.5. The van der Waals surface area contributed by atoms with E-state index in [1.165, 1.54) is 14.2 Å². The summed E-state index contributed by atoms with van der Waals surface area (Å²) in [6, 6.07) is 10.2. The van der Waals surface area contributed by atoms with E-state index in [1.54, 1.807) is 30.3 Å². The van der Waals surface area contributed by atoms with Gasteiger partial charge in [-0.05, 0) is 61.4 Å². The lowest BCUT2D eigenvalue weighted by Crippen LogP contribution is -2.21. The van der Waals surface area contributed by atoms with Gasteiger partial charge in [-0.25, -0.2) is 13.5 Å². The van der Waals surface area contributed by atoms with Crippen LogP contribution < -0.4 is 19.8 Å². The fraction of sp³-hybridized carbons (Fsp3) is 0.333. The van der Waals surface area contributed by atoms with Crippen LogP contribution in [0.2, 0.25) is 0 Å². The first-order chi connectivity index (χ1) is 15.9. The van der Waals surface area contributed by atoms with Crippen LogP contribution in [-0.4, -0.2) is 32.8 Å². The number of methoxy groups -OCH3 is 2. The summed E-state index contributed by atoms with van der Waals surface area (Å²) in [5.74, 6) is 0.906. The van der Waals surface area contributed by atoms with Crippen molar-refractivity contribution in [3.05, 3.63) is 63.4 Å². The highest BCUT2D eigenvalue weighted by atomic mass is 32.2. The number of H-pyrrole nitrogens is 1. The van der Waals surface area contributed by atoms with E-state index in [-0.39, 0.29) is 10.5 Å². The number of nitrogens with one attached hydrogen (secondary N) is 2. The minimum absolute atomic E-state index is 0.165. The van der Waals surface area contributed by atoms with E-state index in [9.17, 15) is 13.2 Å². The van der Waals surface area contributed by atoms with E-state index in [0.717, 1.165) is 30.4 Å². The number of anilines is 1. The van der Waals surface area contributed by atoms with Crippen LogP contribution in [0.25, 0.3) is 11.3 Å². The second-order valence-electron chi connectivity index (χ2n) is 7.91. The molecule has 3 aromatic rings.